The molecular formula is C13H13Cl2NO5. The van der Waals surface area contributed by atoms with Gasteiger partial charge in [-0.3, -0.25) is 4.79 Å². The predicted octanol–water partition coefficient (Wildman–Crippen LogP) is 1.68. The Bertz CT molecular complexity index is 531. The molecule has 2 rings (SSSR count). The van der Waals surface area contributed by atoms with E-state index >= 15 is 0 Å². The van der Waals surface area contributed by atoms with Crippen molar-refractivity contribution in [3.63, 3.8) is 0 Å². The van der Waals surface area contributed by atoms with Crippen molar-refractivity contribution in [3.8, 4) is 5.75 Å². The van der Waals surface area contributed by atoms with E-state index in [9.17, 15) is 9.59 Å². The van der Waals surface area contributed by atoms with Crippen LogP contribution in [0.3, 0.4) is 0 Å². The number of aliphatic carboxylic acids is 1. The second kappa shape index (κ2) is 6.98. The molecule has 1 atom stereocenters. The Morgan fingerprint density at radius 3 is 2.62 bits per heavy atom. The van der Waals surface area contributed by atoms with Crippen LogP contribution in [-0.4, -0.2) is 54.3 Å². The molecule has 0 aliphatic carbocycles. The number of rotatable bonds is 4. The molecule has 0 saturated carbocycles. The number of ether oxygens (including phenoxy) is 2. The Balaban J connectivity index is 1.98. The molecule has 6 nitrogen and oxygen atoms in total. The largest absolute Gasteiger partial charge is 0.484 e. The number of carboxylic acids is 1. The van der Waals surface area contributed by atoms with Crippen molar-refractivity contribution in [1.82, 2.24) is 4.90 Å². The normalized spacial score (nSPS) is 18.4. The van der Waals surface area contributed by atoms with Gasteiger partial charge in [0.25, 0.3) is 5.91 Å². The molecule has 114 valence electrons. The molecule has 0 aromatic heterocycles. The second-order valence-corrected chi connectivity index (χ2v) is 5.28. The number of halogens is 2. The van der Waals surface area contributed by atoms with Gasteiger partial charge < -0.3 is 19.5 Å². The highest BCUT2D eigenvalue weighted by Crippen LogP contribution is 2.24. The molecule has 1 N–H and O–H groups in total. The van der Waals surface area contributed by atoms with Crippen molar-refractivity contribution in [3.05, 3.63) is 28.2 Å². The SMILES string of the molecule is O=C(O)C1COCCN1C(=O)COc1cc(Cl)cc(Cl)c1. The summed E-state index contributed by atoms with van der Waals surface area (Å²) in [5.74, 6) is -1.18. The number of morpholine rings is 1. The van der Waals surface area contributed by atoms with Gasteiger partial charge in [-0.05, 0) is 18.2 Å². The number of benzene rings is 1. The van der Waals surface area contributed by atoms with E-state index in [1.807, 2.05) is 0 Å². The lowest BCUT2D eigenvalue weighted by atomic mass is 10.2. The molecule has 1 heterocycles. The molecule has 1 saturated heterocycles. The summed E-state index contributed by atoms with van der Waals surface area (Å²) in [4.78, 5) is 24.4. The lowest BCUT2D eigenvalue weighted by molar-refractivity contribution is -0.159. The van der Waals surface area contributed by atoms with E-state index in [1.165, 1.54) is 17.0 Å². The first kappa shape index (κ1) is 15.9. The van der Waals surface area contributed by atoms with Crippen molar-refractivity contribution in [2.45, 2.75) is 6.04 Å². The Hall–Kier alpha value is -1.50. The van der Waals surface area contributed by atoms with Crippen LogP contribution in [0.1, 0.15) is 0 Å². The number of amides is 1. The van der Waals surface area contributed by atoms with Crippen LogP contribution in [0.15, 0.2) is 18.2 Å². The van der Waals surface area contributed by atoms with Crippen molar-refractivity contribution < 1.29 is 24.2 Å². The third-order valence-electron chi connectivity index (χ3n) is 2.93. The maximum atomic E-state index is 12.1. The number of carbonyl (C=O) groups excluding carboxylic acids is 1. The molecule has 1 aliphatic heterocycles. The minimum absolute atomic E-state index is 0.0237. The van der Waals surface area contributed by atoms with Gasteiger partial charge in [0, 0.05) is 16.6 Å². The van der Waals surface area contributed by atoms with E-state index in [4.69, 9.17) is 37.8 Å². The molecule has 1 aliphatic rings. The summed E-state index contributed by atoms with van der Waals surface area (Å²) < 4.78 is 10.4. The summed E-state index contributed by atoms with van der Waals surface area (Å²) in [5, 5.41) is 9.84. The number of carboxylic acid groups (broad SMARTS) is 1. The summed E-state index contributed by atoms with van der Waals surface area (Å²) in [6.45, 7) is 0.207. The predicted molar refractivity (Wildman–Crippen MR) is 75.9 cm³/mol. The number of hydrogen-bond donors (Lipinski definition) is 1. The summed E-state index contributed by atoms with van der Waals surface area (Å²) >= 11 is 11.6. The van der Waals surface area contributed by atoms with E-state index in [1.54, 1.807) is 6.07 Å². The molecule has 1 fully saturated rings. The second-order valence-electron chi connectivity index (χ2n) is 4.41. The van der Waals surface area contributed by atoms with E-state index in [0.717, 1.165) is 0 Å². The van der Waals surface area contributed by atoms with Crippen LogP contribution >= 0.6 is 23.2 Å². The van der Waals surface area contributed by atoms with Gasteiger partial charge in [-0.25, -0.2) is 4.79 Å². The van der Waals surface area contributed by atoms with Gasteiger partial charge in [-0.1, -0.05) is 23.2 Å². The van der Waals surface area contributed by atoms with Crippen LogP contribution in [0.2, 0.25) is 10.0 Å². The van der Waals surface area contributed by atoms with Crippen LogP contribution in [0, 0.1) is 0 Å². The van der Waals surface area contributed by atoms with Crippen LogP contribution in [0.25, 0.3) is 0 Å². The summed E-state index contributed by atoms with van der Waals surface area (Å²) in [5.41, 5.74) is 0. The van der Waals surface area contributed by atoms with Gasteiger partial charge in [0.05, 0.1) is 13.2 Å². The lowest BCUT2D eigenvalue weighted by Gasteiger charge is -2.32. The molecule has 1 aromatic carbocycles. The van der Waals surface area contributed by atoms with E-state index in [2.05, 4.69) is 0 Å². The maximum Gasteiger partial charge on any atom is 0.328 e. The highest BCUT2D eigenvalue weighted by Gasteiger charge is 2.32. The standard InChI is InChI=1S/C13H13Cl2NO5/c14-8-3-9(15)5-10(4-8)21-7-12(17)16-1-2-20-6-11(16)13(18)19/h3-5,11H,1-2,6-7H2,(H,18,19). The Labute approximate surface area is 131 Å². The number of hydrogen-bond acceptors (Lipinski definition) is 4. The first-order chi connectivity index (χ1) is 9.97. The van der Waals surface area contributed by atoms with Gasteiger partial charge in [0.15, 0.2) is 12.6 Å². The smallest absolute Gasteiger partial charge is 0.328 e. The van der Waals surface area contributed by atoms with E-state index < -0.39 is 17.9 Å². The lowest BCUT2D eigenvalue weighted by Crippen LogP contribution is -2.53. The Morgan fingerprint density at radius 1 is 1.33 bits per heavy atom. The Morgan fingerprint density at radius 2 is 2.00 bits per heavy atom. The van der Waals surface area contributed by atoms with Crippen molar-refractivity contribution in [2.24, 2.45) is 0 Å². The van der Waals surface area contributed by atoms with Gasteiger partial charge >= 0.3 is 5.97 Å². The molecule has 0 radical (unpaired) electrons. The fraction of sp³-hybridized carbons (Fsp3) is 0.385. The number of carbonyl (C=O) groups is 2. The van der Waals surface area contributed by atoms with Gasteiger partial charge in [0.2, 0.25) is 0 Å². The zero-order valence-corrected chi connectivity index (χ0v) is 12.4. The molecule has 0 spiro atoms. The van der Waals surface area contributed by atoms with Crippen LogP contribution in [0.5, 0.6) is 5.75 Å². The molecule has 0 bridgehead atoms. The van der Waals surface area contributed by atoms with Gasteiger partial charge in [0.1, 0.15) is 5.75 Å². The number of nitrogens with zero attached hydrogens (tertiary/aromatic N) is 1. The van der Waals surface area contributed by atoms with Crippen molar-refractivity contribution in [2.75, 3.05) is 26.4 Å². The average molecular weight is 334 g/mol. The highest BCUT2D eigenvalue weighted by molar-refractivity contribution is 6.34. The first-order valence-electron chi connectivity index (χ1n) is 6.16. The molecular weight excluding hydrogens is 321 g/mol. The zero-order valence-electron chi connectivity index (χ0n) is 10.9. The zero-order chi connectivity index (χ0) is 15.4. The fourth-order valence-electron chi connectivity index (χ4n) is 1.95. The fourth-order valence-corrected chi connectivity index (χ4v) is 2.45. The van der Waals surface area contributed by atoms with Gasteiger partial charge in [-0.15, -0.1) is 0 Å². The quantitative estimate of drug-likeness (QED) is 0.907. The van der Waals surface area contributed by atoms with Crippen molar-refractivity contribution in [1.29, 1.82) is 0 Å². The Kier molecular flexibility index (Phi) is 5.27. The molecule has 21 heavy (non-hydrogen) atoms. The van der Waals surface area contributed by atoms with Crippen LogP contribution in [-0.2, 0) is 14.3 Å². The summed E-state index contributed by atoms with van der Waals surface area (Å²) in [6.07, 6.45) is 0. The topological polar surface area (TPSA) is 76.1 Å². The van der Waals surface area contributed by atoms with E-state index in [-0.39, 0.29) is 19.8 Å². The average Bonchev–Trinajstić information content (AvgIpc) is 2.43. The highest BCUT2D eigenvalue weighted by atomic mass is 35.5. The molecule has 8 heteroatoms. The maximum absolute atomic E-state index is 12.1. The summed E-state index contributed by atoms with van der Waals surface area (Å²) in [7, 11) is 0. The molecule has 1 unspecified atom stereocenters. The van der Waals surface area contributed by atoms with Crippen molar-refractivity contribution >= 4 is 35.1 Å². The third kappa shape index (κ3) is 4.23. The molecule has 1 aromatic rings. The summed E-state index contributed by atoms with van der Waals surface area (Å²) in [6, 6.07) is 3.60. The minimum Gasteiger partial charge on any atom is -0.484 e. The monoisotopic (exact) mass is 333 g/mol. The molecule has 1 amide bonds. The minimum atomic E-state index is -1.10. The first-order valence-corrected chi connectivity index (χ1v) is 6.92. The van der Waals surface area contributed by atoms with Crippen LogP contribution in [0.4, 0.5) is 0 Å². The van der Waals surface area contributed by atoms with E-state index in [0.29, 0.717) is 22.4 Å². The van der Waals surface area contributed by atoms with Crippen LogP contribution < -0.4 is 4.74 Å². The van der Waals surface area contributed by atoms with Gasteiger partial charge in [-0.2, -0.15) is 0 Å². The third-order valence-corrected chi connectivity index (χ3v) is 3.37.